The van der Waals surface area contributed by atoms with Gasteiger partial charge in [0.15, 0.2) is 0 Å². The Morgan fingerprint density at radius 1 is 1.03 bits per heavy atom. The molecule has 0 unspecified atom stereocenters. The van der Waals surface area contributed by atoms with Crippen molar-refractivity contribution in [3.8, 4) is 0 Å². The Hall–Kier alpha value is -2.69. The summed E-state index contributed by atoms with van der Waals surface area (Å²) >= 11 is 0. The van der Waals surface area contributed by atoms with Gasteiger partial charge in [0.25, 0.3) is 0 Å². The lowest BCUT2D eigenvalue weighted by molar-refractivity contribution is -0.150. The summed E-state index contributed by atoms with van der Waals surface area (Å²) in [7, 11) is 0. The fourth-order valence-electron chi connectivity index (χ4n) is 2.69. The van der Waals surface area contributed by atoms with Crippen LogP contribution in [0.2, 0.25) is 0 Å². The van der Waals surface area contributed by atoms with Gasteiger partial charge in [-0.2, -0.15) is 0 Å². The highest BCUT2D eigenvalue weighted by atomic mass is 35.5. The Bertz CT molecular complexity index is 747. The molecule has 0 heterocycles. The summed E-state index contributed by atoms with van der Waals surface area (Å²) in [5.74, 6) is -2.63. The Morgan fingerprint density at radius 2 is 1.62 bits per heavy atom. The highest BCUT2D eigenvalue weighted by molar-refractivity contribution is 5.92. The van der Waals surface area contributed by atoms with Gasteiger partial charge in [0.2, 0.25) is 17.7 Å². The van der Waals surface area contributed by atoms with Crippen molar-refractivity contribution in [1.29, 1.82) is 0 Å². The molecule has 1 aromatic rings. The van der Waals surface area contributed by atoms with E-state index < -0.39 is 48.4 Å². The van der Waals surface area contributed by atoms with Gasteiger partial charge >= 0.3 is 5.97 Å². The van der Waals surface area contributed by atoms with Crippen LogP contribution in [0.4, 0.5) is 0 Å². The highest BCUT2D eigenvalue weighted by Gasteiger charge is 2.29. The molecule has 3 amide bonds. The summed E-state index contributed by atoms with van der Waals surface area (Å²) in [6, 6.07) is 5.75. The molecule has 0 aliphatic rings. The van der Waals surface area contributed by atoms with Gasteiger partial charge in [-0.05, 0) is 24.3 Å². The van der Waals surface area contributed by atoms with Crippen molar-refractivity contribution < 1.29 is 29.0 Å². The molecule has 0 aliphatic heterocycles. The number of hydrogen-bond donors (Lipinski definition) is 5. The molecule has 0 aliphatic carbocycles. The van der Waals surface area contributed by atoms with E-state index in [0.717, 1.165) is 5.56 Å². The number of nitrogens with one attached hydrogen (secondary N) is 2. The minimum Gasteiger partial charge on any atom is -0.459 e. The second kappa shape index (κ2) is 15.2. The molecule has 1 rings (SSSR count). The first-order chi connectivity index (χ1) is 14.6. The van der Waals surface area contributed by atoms with Crippen LogP contribution in [0.1, 0.15) is 38.7 Å². The summed E-state index contributed by atoms with van der Waals surface area (Å²) in [6.45, 7) is 3.12. The van der Waals surface area contributed by atoms with Crippen molar-refractivity contribution in [1.82, 2.24) is 10.6 Å². The second-order valence-corrected chi connectivity index (χ2v) is 7.64. The molecule has 3 atom stereocenters. The predicted octanol–water partition coefficient (Wildman–Crippen LogP) is -0.248. The first-order valence-electron chi connectivity index (χ1n) is 10.1. The van der Waals surface area contributed by atoms with Crippen LogP contribution in [-0.4, -0.2) is 53.5 Å². The Morgan fingerprint density at radius 3 is 2.16 bits per heavy atom. The number of halogens is 1. The van der Waals surface area contributed by atoms with Crippen molar-refractivity contribution in [3.05, 3.63) is 35.9 Å². The highest BCUT2D eigenvalue weighted by Crippen LogP contribution is 2.09. The van der Waals surface area contributed by atoms with E-state index in [1.807, 2.05) is 44.2 Å². The SMILES string of the molecule is CC(C)C[C@H](NC(=O)[C@H](CO)NC(=O)[C@@H](N)CCC(N)=O)C(=O)OCc1ccccc1.Cl. The average molecular weight is 473 g/mol. The van der Waals surface area contributed by atoms with Crippen LogP contribution in [0.5, 0.6) is 0 Å². The minimum atomic E-state index is -1.32. The van der Waals surface area contributed by atoms with Crippen molar-refractivity contribution in [2.75, 3.05) is 6.61 Å². The van der Waals surface area contributed by atoms with Crippen LogP contribution in [0.25, 0.3) is 0 Å². The molecule has 0 saturated heterocycles. The lowest BCUT2D eigenvalue weighted by atomic mass is 10.0. The normalized spacial score (nSPS) is 13.3. The van der Waals surface area contributed by atoms with Gasteiger partial charge in [-0.1, -0.05) is 44.2 Å². The van der Waals surface area contributed by atoms with Crippen molar-refractivity contribution in [2.24, 2.45) is 17.4 Å². The van der Waals surface area contributed by atoms with E-state index in [1.54, 1.807) is 0 Å². The monoisotopic (exact) mass is 472 g/mol. The standard InChI is InChI=1S/C21H32N4O6.ClH/c1-13(2)10-16(21(30)31-12-14-6-4-3-5-7-14)24-20(29)17(11-26)25-19(28)15(22)8-9-18(23)27;/h3-7,13,15-17,26H,8-12,22H2,1-2H3,(H2,23,27)(H,24,29)(H,25,28);1H/t15-,16-,17-;/m0./s1. The van der Waals surface area contributed by atoms with Crippen LogP contribution in [0.15, 0.2) is 30.3 Å². The molecule has 0 bridgehead atoms. The van der Waals surface area contributed by atoms with Crippen molar-refractivity contribution >= 4 is 36.1 Å². The quantitative estimate of drug-likeness (QED) is 0.246. The summed E-state index contributed by atoms with van der Waals surface area (Å²) in [5.41, 5.74) is 11.5. The zero-order chi connectivity index (χ0) is 23.4. The van der Waals surface area contributed by atoms with Crippen molar-refractivity contribution in [2.45, 2.75) is 57.8 Å². The number of carbonyl (C=O) groups excluding carboxylic acids is 4. The Kier molecular flexibility index (Phi) is 13.9. The first kappa shape index (κ1) is 29.3. The Labute approximate surface area is 193 Å². The number of esters is 1. The first-order valence-corrected chi connectivity index (χ1v) is 10.1. The molecule has 180 valence electrons. The van der Waals surface area contributed by atoms with Gasteiger partial charge in [-0.15, -0.1) is 12.4 Å². The topological polar surface area (TPSA) is 174 Å². The number of primary amides is 1. The summed E-state index contributed by atoms with van der Waals surface area (Å²) < 4.78 is 5.31. The van der Waals surface area contributed by atoms with Gasteiger partial charge in [-0.25, -0.2) is 4.79 Å². The molecule has 0 radical (unpaired) electrons. The lowest BCUT2D eigenvalue weighted by Crippen LogP contribution is -2.56. The molecule has 11 heteroatoms. The molecule has 10 nitrogen and oxygen atoms in total. The Balaban J connectivity index is 0.00000961. The molecule has 7 N–H and O–H groups in total. The molecule has 1 aromatic carbocycles. The van der Waals surface area contributed by atoms with E-state index in [1.165, 1.54) is 0 Å². The van der Waals surface area contributed by atoms with Crippen LogP contribution in [0.3, 0.4) is 0 Å². The minimum absolute atomic E-state index is 0. The number of rotatable bonds is 13. The molecule has 0 fully saturated rings. The number of aliphatic hydroxyl groups is 1. The number of aliphatic hydroxyl groups excluding tert-OH is 1. The number of ether oxygens (including phenoxy) is 1. The molecule has 0 saturated carbocycles. The van der Waals surface area contributed by atoms with E-state index in [4.69, 9.17) is 16.2 Å². The van der Waals surface area contributed by atoms with E-state index in [-0.39, 0.29) is 37.8 Å². The average Bonchev–Trinajstić information content (AvgIpc) is 2.73. The van der Waals surface area contributed by atoms with E-state index in [2.05, 4.69) is 10.6 Å². The van der Waals surface area contributed by atoms with Gasteiger partial charge in [-0.3, -0.25) is 14.4 Å². The second-order valence-electron chi connectivity index (χ2n) is 7.64. The maximum absolute atomic E-state index is 12.6. The molecule has 32 heavy (non-hydrogen) atoms. The number of benzene rings is 1. The number of nitrogens with two attached hydrogens (primary N) is 2. The van der Waals surface area contributed by atoms with Crippen molar-refractivity contribution in [3.63, 3.8) is 0 Å². The third-order valence-electron chi connectivity index (χ3n) is 4.39. The van der Waals surface area contributed by atoms with Gasteiger partial charge < -0.3 is 31.9 Å². The molecular formula is C21H33ClN4O6. The van der Waals surface area contributed by atoms with Crippen LogP contribution < -0.4 is 22.1 Å². The molecular weight excluding hydrogens is 440 g/mol. The van der Waals surface area contributed by atoms with Gasteiger partial charge in [0, 0.05) is 6.42 Å². The number of hydrogen-bond acceptors (Lipinski definition) is 7. The molecule has 0 aromatic heterocycles. The van der Waals surface area contributed by atoms with Gasteiger partial charge in [0.05, 0.1) is 12.6 Å². The largest absolute Gasteiger partial charge is 0.459 e. The summed E-state index contributed by atoms with van der Waals surface area (Å²) in [6.07, 6.45) is 0.223. The summed E-state index contributed by atoms with van der Waals surface area (Å²) in [5, 5.41) is 14.4. The third-order valence-corrected chi connectivity index (χ3v) is 4.39. The zero-order valence-corrected chi connectivity index (χ0v) is 19.1. The number of carbonyl (C=O) groups is 4. The van der Waals surface area contributed by atoms with Gasteiger partial charge in [0.1, 0.15) is 18.7 Å². The molecule has 0 spiro atoms. The van der Waals surface area contributed by atoms with Crippen LogP contribution >= 0.6 is 12.4 Å². The fraction of sp³-hybridized carbons (Fsp3) is 0.524. The fourth-order valence-corrected chi connectivity index (χ4v) is 2.69. The maximum Gasteiger partial charge on any atom is 0.328 e. The van der Waals surface area contributed by atoms with Crippen LogP contribution in [0, 0.1) is 5.92 Å². The van der Waals surface area contributed by atoms with E-state index >= 15 is 0 Å². The maximum atomic E-state index is 12.6. The predicted molar refractivity (Wildman–Crippen MR) is 120 cm³/mol. The zero-order valence-electron chi connectivity index (χ0n) is 18.3. The number of amides is 3. The lowest BCUT2D eigenvalue weighted by Gasteiger charge is -2.23. The summed E-state index contributed by atoms with van der Waals surface area (Å²) in [4.78, 5) is 48.0. The smallest absolute Gasteiger partial charge is 0.328 e. The third kappa shape index (κ3) is 11.1. The van der Waals surface area contributed by atoms with Crippen LogP contribution in [-0.2, 0) is 30.5 Å². The van der Waals surface area contributed by atoms with E-state index in [9.17, 15) is 24.3 Å². The van der Waals surface area contributed by atoms with E-state index in [0.29, 0.717) is 6.42 Å².